The van der Waals surface area contributed by atoms with Gasteiger partial charge in [0.15, 0.2) is 0 Å². The molecule has 1 aliphatic rings. The lowest BCUT2D eigenvalue weighted by Crippen LogP contribution is -2.41. The Hall–Kier alpha value is -0.570. The molecule has 0 aromatic carbocycles. The molecule has 100 valence electrons. The number of piperidine rings is 1. The molecule has 0 saturated carbocycles. The predicted molar refractivity (Wildman–Crippen MR) is 71.7 cm³/mol. The molecule has 1 amide bonds. The number of hydrogen-bond acceptors (Lipinski definition) is 2. The Labute approximate surface area is 106 Å². The summed E-state index contributed by atoms with van der Waals surface area (Å²) >= 11 is 0. The van der Waals surface area contributed by atoms with Gasteiger partial charge in [-0.1, -0.05) is 26.7 Å². The molecular weight excluding hydrogens is 212 g/mol. The van der Waals surface area contributed by atoms with Crippen molar-refractivity contribution in [3.05, 3.63) is 0 Å². The van der Waals surface area contributed by atoms with E-state index in [2.05, 4.69) is 18.7 Å². The molecule has 1 saturated heterocycles. The minimum atomic E-state index is 0.347. The first kappa shape index (κ1) is 14.5. The number of nitrogens with two attached hydrogens (primary N) is 1. The van der Waals surface area contributed by atoms with Gasteiger partial charge in [-0.2, -0.15) is 0 Å². The molecule has 3 nitrogen and oxygen atoms in total. The Morgan fingerprint density at radius 1 is 1.24 bits per heavy atom. The molecule has 0 bridgehead atoms. The van der Waals surface area contributed by atoms with Gasteiger partial charge in [0, 0.05) is 19.5 Å². The van der Waals surface area contributed by atoms with Crippen LogP contribution in [0.25, 0.3) is 0 Å². The summed E-state index contributed by atoms with van der Waals surface area (Å²) in [5.74, 6) is 0.347. The number of hydrogen-bond donors (Lipinski definition) is 1. The number of likely N-dealkylation sites (tertiary alicyclic amines) is 1. The highest BCUT2D eigenvalue weighted by Gasteiger charge is 2.29. The van der Waals surface area contributed by atoms with Crippen LogP contribution in [-0.2, 0) is 4.79 Å². The van der Waals surface area contributed by atoms with Crippen molar-refractivity contribution in [2.24, 2.45) is 11.1 Å². The topological polar surface area (TPSA) is 46.3 Å². The quantitative estimate of drug-likeness (QED) is 0.725. The average molecular weight is 240 g/mol. The van der Waals surface area contributed by atoms with E-state index in [1.165, 1.54) is 6.42 Å². The average Bonchev–Trinajstić information content (AvgIpc) is 2.35. The molecule has 0 aromatic rings. The Morgan fingerprint density at radius 3 is 2.41 bits per heavy atom. The highest BCUT2D eigenvalue weighted by Crippen LogP contribution is 2.34. The van der Waals surface area contributed by atoms with Gasteiger partial charge >= 0.3 is 0 Å². The molecule has 1 rings (SSSR count). The SMILES string of the molecule is CCC1(C)CCN(C(=O)CCCCCN)CC1. The van der Waals surface area contributed by atoms with Gasteiger partial charge in [-0.25, -0.2) is 0 Å². The van der Waals surface area contributed by atoms with Gasteiger partial charge in [0.1, 0.15) is 0 Å². The second kappa shape index (κ2) is 7.00. The van der Waals surface area contributed by atoms with Crippen LogP contribution in [-0.4, -0.2) is 30.4 Å². The van der Waals surface area contributed by atoms with Crippen LogP contribution >= 0.6 is 0 Å². The Kier molecular flexibility index (Phi) is 5.96. The minimum Gasteiger partial charge on any atom is -0.343 e. The highest BCUT2D eigenvalue weighted by molar-refractivity contribution is 5.76. The first-order valence-electron chi connectivity index (χ1n) is 7.09. The van der Waals surface area contributed by atoms with Gasteiger partial charge in [0.05, 0.1) is 0 Å². The summed E-state index contributed by atoms with van der Waals surface area (Å²) < 4.78 is 0. The minimum absolute atomic E-state index is 0.347. The third-order valence-corrected chi connectivity index (χ3v) is 4.27. The summed E-state index contributed by atoms with van der Waals surface area (Å²) in [4.78, 5) is 14.0. The van der Waals surface area contributed by atoms with Gasteiger partial charge in [-0.05, 0) is 37.6 Å². The van der Waals surface area contributed by atoms with Crippen molar-refractivity contribution in [3.8, 4) is 0 Å². The molecule has 0 atom stereocenters. The molecule has 0 unspecified atom stereocenters. The predicted octanol–water partition coefficient (Wildman–Crippen LogP) is 2.54. The third kappa shape index (κ3) is 4.66. The Balaban J connectivity index is 2.22. The summed E-state index contributed by atoms with van der Waals surface area (Å²) in [6.07, 6.45) is 7.39. The zero-order chi connectivity index (χ0) is 12.7. The molecule has 0 aromatic heterocycles. The van der Waals surface area contributed by atoms with Crippen LogP contribution in [0.1, 0.15) is 58.8 Å². The standard InChI is InChI=1S/C14H28N2O/c1-3-14(2)8-11-16(12-9-14)13(17)7-5-4-6-10-15/h3-12,15H2,1-2H3. The molecule has 1 heterocycles. The van der Waals surface area contributed by atoms with Crippen LogP contribution in [0.3, 0.4) is 0 Å². The van der Waals surface area contributed by atoms with Crippen LogP contribution < -0.4 is 5.73 Å². The maximum absolute atomic E-state index is 12.0. The van der Waals surface area contributed by atoms with E-state index in [4.69, 9.17) is 5.73 Å². The zero-order valence-corrected chi connectivity index (χ0v) is 11.5. The van der Waals surface area contributed by atoms with Gasteiger partial charge in [0.2, 0.25) is 5.91 Å². The fraction of sp³-hybridized carbons (Fsp3) is 0.929. The molecule has 2 N–H and O–H groups in total. The largest absolute Gasteiger partial charge is 0.343 e. The zero-order valence-electron chi connectivity index (χ0n) is 11.5. The first-order valence-corrected chi connectivity index (χ1v) is 7.09. The molecular formula is C14H28N2O. The van der Waals surface area contributed by atoms with E-state index < -0.39 is 0 Å². The number of rotatable bonds is 6. The molecule has 17 heavy (non-hydrogen) atoms. The van der Waals surface area contributed by atoms with E-state index in [9.17, 15) is 4.79 Å². The van der Waals surface area contributed by atoms with Crippen LogP contribution in [0.4, 0.5) is 0 Å². The van der Waals surface area contributed by atoms with E-state index in [1.807, 2.05) is 0 Å². The van der Waals surface area contributed by atoms with Gasteiger partial charge in [0.25, 0.3) is 0 Å². The summed E-state index contributed by atoms with van der Waals surface area (Å²) in [7, 11) is 0. The number of amides is 1. The fourth-order valence-corrected chi connectivity index (χ4v) is 2.40. The number of carbonyl (C=O) groups is 1. The molecule has 1 fully saturated rings. The van der Waals surface area contributed by atoms with Crippen molar-refractivity contribution in [1.29, 1.82) is 0 Å². The summed E-state index contributed by atoms with van der Waals surface area (Å²) in [6, 6.07) is 0. The molecule has 1 aliphatic heterocycles. The van der Waals surface area contributed by atoms with E-state index in [0.29, 0.717) is 17.7 Å². The van der Waals surface area contributed by atoms with E-state index in [0.717, 1.165) is 51.7 Å². The van der Waals surface area contributed by atoms with Gasteiger partial charge in [-0.3, -0.25) is 4.79 Å². The van der Waals surface area contributed by atoms with Crippen LogP contribution in [0, 0.1) is 5.41 Å². The second-order valence-corrected chi connectivity index (χ2v) is 5.64. The van der Waals surface area contributed by atoms with Crippen molar-refractivity contribution in [1.82, 2.24) is 4.90 Å². The van der Waals surface area contributed by atoms with Crippen LogP contribution in [0.15, 0.2) is 0 Å². The third-order valence-electron chi connectivity index (χ3n) is 4.27. The van der Waals surface area contributed by atoms with Gasteiger partial charge < -0.3 is 10.6 Å². The Morgan fingerprint density at radius 2 is 1.88 bits per heavy atom. The summed E-state index contributed by atoms with van der Waals surface area (Å²) in [6.45, 7) is 7.26. The lowest BCUT2D eigenvalue weighted by Gasteiger charge is -2.39. The van der Waals surface area contributed by atoms with Crippen molar-refractivity contribution in [3.63, 3.8) is 0 Å². The lowest BCUT2D eigenvalue weighted by atomic mass is 9.78. The number of nitrogens with zero attached hydrogens (tertiary/aromatic N) is 1. The van der Waals surface area contributed by atoms with Crippen molar-refractivity contribution in [2.75, 3.05) is 19.6 Å². The smallest absolute Gasteiger partial charge is 0.222 e. The maximum Gasteiger partial charge on any atom is 0.222 e. The van der Waals surface area contributed by atoms with Crippen molar-refractivity contribution in [2.45, 2.75) is 58.8 Å². The van der Waals surface area contributed by atoms with Crippen LogP contribution in [0.5, 0.6) is 0 Å². The summed E-state index contributed by atoms with van der Waals surface area (Å²) in [5.41, 5.74) is 5.91. The molecule has 0 radical (unpaired) electrons. The second-order valence-electron chi connectivity index (χ2n) is 5.64. The number of unbranched alkanes of at least 4 members (excludes halogenated alkanes) is 2. The monoisotopic (exact) mass is 240 g/mol. The fourth-order valence-electron chi connectivity index (χ4n) is 2.40. The van der Waals surface area contributed by atoms with Gasteiger partial charge in [-0.15, -0.1) is 0 Å². The molecule has 0 spiro atoms. The summed E-state index contributed by atoms with van der Waals surface area (Å²) in [5, 5.41) is 0. The van der Waals surface area contributed by atoms with Crippen molar-refractivity contribution >= 4 is 5.91 Å². The maximum atomic E-state index is 12.0. The Bertz CT molecular complexity index is 232. The van der Waals surface area contributed by atoms with Crippen molar-refractivity contribution < 1.29 is 4.79 Å². The van der Waals surface area contributed by atoms with E-state index in [-0.39, 0.29) is 0 Å². The van der Waals surface area contributed by atoms with E-state index in [1.54, 1.807) is 0 Å². The molecule has 0 aliphatic carbocycles. The highest BCUT2D eigenvalue weighted by atomic mass is 16.2. The van der Waals surface area contributed by atoms with E-state index >= 15 is 0 Å². The normalized spacial score (nSPS) is 19.4. The molecule has 3 heteroatoms. The number of carbonyl (C=O) groups excluding carboxylic acids is 1. The van der Waals surface area contributed by atoms with Crippen LogP contribution in [0.2, 0.25) is 0 Å². The first-order chi connectivity index (χ1) is 8.11. The lowest BCUT2D eigenvalue weighted by molar-refractivity contribution is -0.133.